The molecule has 0 bridgehead atoms. The van der Waals surface area contributed by atoms with Gasteiger partial charge in [-0.3, -0.25) is 4.79 Å². The highest BCUT2D eigenvalue weighted by Gasteiger charge is 2.30. The van der Waals surface area contributed by atoms with E-state index in [4.69, 9.17) is 17.0 Å². The first-order valence-electron chi connectivity index (χ1n) is 9.66. The van der Waals surface area contributed by atoms with Crippen LogP contribution in [0.1, 0.15) is 35.3 Å². The molecule has 0 aliphatic heterocycles. The molecule has 5 nitrogen and oxygen atoms in total. The number of rotatable bonds is 6. The zero-order valence-electron chi connectivity index (χ0n) is 17.2. The molecule has 0 spiro atoms. The minimum Gasteiger partial charge on any atom is -0.340 e. The number of nitrogens with one attached hydrogen (secondary N) is 3. The number of nitrogens with zero attached hydrogens (tertiary/aromatic N) is 1. The Morgan fingerprint density at radius 1 is 1.03 bits per heavy atom. The first-order valence-corrected chi connectivity index (χ1v) is 10.0. The Labute approximate surface area is 188 Å². The van der Waals surface area contributed by atoms with Gasteiger partial charge in [0.15, 0.2) is 0 Å². The molecule has 0 aliphatic carbocycles. The van der Waals surface area contributed by atoms with Crippen LogP contribution in [0.5, 0.6) is 0 Å². The Kier molecular flexibility index (Phi) is 6.84. The van der Waals surface area contributed by atoms with Crippen molar-refractivity contribution in [3.05, 3.63) is 82.5 Å². The summed E-state index contributed by atoms with van der Waals surface area (Å²) in [6.07, 6.45) is -3.20. The predicted molar refractivity (Wildman–Crippen MR) is 120 cm³/mol. The molecule has 3 rings (SSSR count). The minimum absolute atomic E-state index is 0.00516. The fraction of sp³-hybridized carbons (Fsp3) is 0.174. The molecule has 0 aliphatic rings. The number of benzene rings is 2. The van der Waals surface area contributed by atoms with Crippen LogP contribution in [0.25, 0.3) is 0 Å². The SMILES string of the molecule is CC(C)C(=N)c1c(Nc2ccccc2)ncc(C(=O)Nc2ccc(C(F)(F)F)cc2)c1Cl. The van der Waals surface area contributed by atoms with E-state index in [1.54, 1.807) is 0 Å². The molecular weight excluding hydrogens is 441 g/mol. The number of pyridine rings is 1. The van der Waals surface area contributed by atoms with Gasteiger partial charge < -0.3 is 16.0 Å². The van der Waals surface area contributed by atoms with Gasteiger partial charge >= 0.3 is 6.18 Å². The Morgan fingerprint density at radius 3 is 2.22 bits per heavy atom. The van der Waals surface area contributed by atoms with E-state index in [2.05, 4.69) is 15.6 Å². The zero-order valence-corrected chi connectivity index (χ0v) is 18.0. The van der Waals surface area contributed by atoms with Gasteiger partial charge in [0.25, 0.3) is 5.91 Å². The fourth-order valence-electron chi connectivity index (χ4n) is 2.88. The lowest BCUT2D eigenvalue weighted by molar-refractivity contribution is -0.137. The molecule has 1 heterocycles. The molecule has 9 heteroatoms. The molecule has 1 aromatic heterocycles. The summed E-state index contributed by atoms with van der Waals surface area (Å²) in [5.41, 5.74) is 0.558. The number of carbonyl (C=O) groups is 1. The molecule has 0 atom stereocenters. The molecule has 0 fully saturated rings. The van der Waals surface area contributed by atoms with Crippen LogP contribution in [0.4, 0.5) is 30.4 Å². The molecule has 166 valence electrons. The van der Waals surface area contributed by atoms with Crippen LogP contribution < -0.4 is 10.6 Å². The van der Waals surface area contributed by atoms with Crippen LogP contribution in [0.3, 0.4) is 0 Å². The summed E-state index contributed by atoms with van der Waals surface area (Å²) < 4.78 is 38.2. The number of hydrogen-bond donors (Lipinski definition) is 3. The highest BCUT2D eigenvalue weighted by Crippen LogP contribution is 2.32. The highest BCUT2D eigenvalue weighted by atomic mass is 35.5. The van der Waals surface area contributed by atoms with E-state index in [9.17, 15) is 18.0 Å². The number of aromatic nitrogens is 1. The lowest BCUT2D eigenvalue weighted by atomic mass is 9.98. The number of alkyl halides is 3. The molecule has 1 amide bonds. The normalized spacial score (nSPS) is 11.3. The smallest absolute Gasteiger partial charge is 0.340 e. The van der Waals surface area contributed by atoms with Crippen LogP contribution in [-0.4, -0.2) is 16.6 Å². The molecule has 0 radical (unpaired) electrons. The third-order valence-corrected chi connectivity index (χ3v) is 5.01. The van der Waals surface area contributed by atoms with Gasteiger partial charge in [0.2, 0.25) is 0 Å². The van der Waals surface area contributed by atoms with Gasteiger partial charge in [-0.1, -0.05) is 43.6 Å². The fourth-order valence-corrected chi connectivity index (χ4v) is 3.20. The Balaban J connectivity index is 1.93. The molecule has 0 saturated heterocycles. The van der Waals surface area contributed by atoms with Crippen molar-refractivity contribution in [1.82, 2.24) is 4.98 Å². The van der Waals surface area contributed by atoms with Crippen molar-refractivity contribution in [2.45, 2.75) is 20.0 Å². The van der Waals surface area contributed by atoms with Gasteiger partial charge in [0.1, 0.15) is 5.82 Å². The van der Waals surface area contributed by atoms with Crippen LogP contribution in [0.2, 0.25) is 5.02 Å². The summed E-state index contributed by atoms with van der Waals surface area (Å²) in [5.74, 6) is -0.517. The Hall–Kier alpha value is -3.39. The maximum atomic E-state index is 12.8. The van der Waals surface area contributed by atoms with Crippen LogP contribution >= 0.6 is 11.6 Å². The van der Waals surface area contributed by atoms with Crippen molar-refractivity contribution in [3.8, 4) is 0 Å². The molecule has 32 heavy (non-hydrogen) atoms. The lowest BCUT2D eigenvalue weighted by Gasteiger charge is -2.18. The average Bonchev–Trinajstić information content (AvgIpc) is 2.74. The molecular formula is C23H20ClF3N4O. The summed E-state index contributed by atoms with van der Waals surface area (Å²) in [4.78, 5) is 17.1. The van der Waals surface area contributed by atoms with Crippen molar-refractivity contribution in [2.24, 2.45) is 5.92 Å². The Bertz CT molecular complexity index is 1130. The maximum absolute atomic E-state index is 12.8. The van der Waals surface area contributed by atoms with E-state index in [1.165, 1.54) is 6.20 Å². The summed E-state index contributed by atoms with van der Waals surface area (Å²) in [5, 5.41) is 14.1. The lowest BCUT2D eigenvalue weighted by Crippen LogP contribution is -2.18. The van der Waals surface area contributed by atoms with E-state index in [0.717, 1.165) is 30.0 Å². The second kappa shape index (κ2) is 9.40. The monoisotopic (exact) mass is 460 g/mol. The van der Waals surface area contributed by atoms with Crippen molar-refractivity contribution in [2.75, 3.05) is 10.6 Å². The number of anilines is 3. The zero-order chi connectivity index (χ0) is 23.5. The molecule has 3 N–H and O–H groups in total. The Morgan fingerprint density at radius 2 is 1.66 bits per heavy atom. The van der Waals surface area contributed by atoms with Gasteiger partial charge in [-0.2, -0.15) is 13.2 Å². The largest absolute Gasteiger partial charge is 0.416 e. The summed E-state index contributed by atoms with van der Waals surface area (Å²) in [6.45, 7) is 3.64. The minimum atomic E-state index is -4.47. The first-order chi connectivity index (χ1) is 15.1. The van der Waals surface area contributed by atoms with Crippen molar-refractivity contribution >= 4 is 40.4 Å². The number of hydrogen-bond acceptors (Lipinski definition) is 4. The van der Waals surface area contributed by atoms with E-state index >= 15 is 0 Å². The second-order valence-electron chi connectivity index (χ2n) is 7.30. The van der Waals surface area contributed by atoms with E-state index in [-0.39, 0.29) is 33.5 Å². The summed E-state index contributed by atoms with van der Waals surface area (Å²) >= 11 is 6.53. The van der Waals surface area contributed by atoms with E-state index < -0.39 is 17.6 Å². The predicted octanol–water partition coefficient (Wildman–Crippen LogP) is 6.77. The van der Waals surface area contributed by atoms with E-state index in [0.29, 0.717) is 5.82 Å². The van der Waals surface area contributed by atoms with Gasteiger partial charge in [0, 0.05) is 23.3 Å². The quantitative estimate of drug-likeness (QED) is 0.355. The standard InChI is InChI=1S/C23H20ClF3N4O/c1-13(2)20(28)18-19(24)17(12-29-21(18)30-15-6-4-3-5-7-15)22(32)31-16-10-8-14(9-11-16)23(25,26)27/h3-13,28H,1-2H3,(H,29,30)(H,31,32). The van der Waals surface area contributed by atoms with Crippen LogP contribution in [0.15, 0.2) is 60.8 Å². The average molecular weight is 461 g/mol. The van der Waals surface area contributed by atoms with E-state index in [1.807, 2.05) is 44.2 Å². The number of amides is 1. The molecule has 0 unspecified atom stereocenters. The highest BCUT2D eigenvalue weighted by molar-refractivity contribution is 6.38. The topological polar surface area (TPSA) is 77.9 Å². The molecule has 3 aromatic rings. The van der Waals surface area contributed by atoms with Crippen LogP contribution in [0, 0.1) is 11.3 Å². The first kappa shape index (κ1) is 23.3. The van der Waals surface area contributed by atoms with Gasteiger partial charge in [-0.25, -0.2) is 4.98 Å². The van der Waals surface area contributed by atoms with Gasteiger partial charge in [-0.15, -0.1) is 0 Å². The summed E-state index contributed by atoms with van der Waals surface area (Å²) in [7, 11) is 0. The number of para-hydroxylation sites is 1. The third-order valence-electron chi connectivity index (χ3n) is 4.61. The van der Waals surface area contributed by atoms with Crippen molar-refractivity contribution < 1.29 is 18.0 Å². The number of halogens is 4. The van der Waals surface area contributed by atoms with Gasteiger partial charge in [-0.05, 0) is 42.3 Å². The second-order valence-corrected chi connectivity index (χ2v) is 7.68. The summed E-state index contributed by atoms with van der Waals surface area (Å²) in [6, 6.07) is 13.2. The van der Waals surface area contributed by atoms with Crippen molar-refractivity contribution in [1.29, 1.82) is 5.41 Å². The van der Waals surface area contributed by atoms with Crippen molar-refractivity contribution in [3.63, 3.8) is 0 Å². The maximum Gasteiger partial charge on any atom is 0.416 e. The number of carbonyl (C=O) groups excluding carboxylic acids is 1. The third kappa shape index (κ3) is 5.26. The molecule has 0 saturated carbocycles. The molecule has 2 aromatic carbocycles. The van der Waals surface area contributed by atoms with Gasteiger partial charge in [0.05, 0.1) is 21.7 Å². The van der Waals surface area contributed by atoms with Crippen LogP contribution in [-0.2, 0) is 6.18 Å².